The van der Waals surface area contributed by atoms with E-state index in [9.17, 15) is 4.79 Å². The number of anilines is 1. The van der Waals surface area contributed by atoms with Crippen LogP contribution in [0.3, 0.4) is 0 Å². The first-order valence-corrected chi connectivity index (χ1v) is 13.1. The highest BCUT2D eigenvalue weighted by molar-refractivity contribution is 6.36. The van der Waals surface area contributed by atoms with Crippen LogP contribution < -0.4 is 4.90 Å². The van der Waals surface area contributed by atoms with Gasteiger partial charge in [-0.15, -0.1) is 0 Å². The van der Waals surface area contributed by atoms with Crippen molar-refractivity contribution in [3.8, 4) is 22.4 Å². The Morgan fingerprint density at radius 2 is 1.81 bits per heavy atom. The van der Waals surface area contributed by atoms with Gasteiger partial charge in [0.1, 0.15) is 5.65 Å². The molecule has 188 valence electrons. The number of fused-ring (bicyclic) bond motifs is 2. The number of halogens is 1. The number of aromatic nitrogens is 2. The molecule has 4 aromatic rings. The van der Waals surface area contributed by atoms with Crippen LogP contribution in [0.25, 0.3) is 33.4 Å². The number of aromatic amines is 1. The summed E-state index contributed by atoms with van der Waals surface area (Å²) in [5.41, 5.74) is 8.20. The third-order valence-corrected chi connectivity index (χ3v) is 7.91. The monoisotopic (exact) mass is 511 g/mol. The SMILES string of the molecule is C=CC(=O)N1CCc2ccc(-c3c(-c4ccc(CN5CCN(C)CC5)cc4)[nH]c4nccc(Cl)c34)cc21. The number of rotatable bonds is 5. The van der Waals surface area contributed by atoms with Crippen LogP contribution in [0.5, 0.6) is 0 Å². The minimum atomic E-state index is -0.0781. The molecule has 1 amide bonds. The number of likely N-dealkylation sites (N-methyl/N-ethyl adjacent to an activating group) is 1. The van der Waals surface area contributed by atoms with Crippen LogP contribution in [0, 0.1) is 0 Å². The van der Waals surface area contributed by atoms with Gasteiger partial charge in [0.25, 0.3) is 0 Å². The predicted molar refractivity (Wildman–Crippen MR) is 151 cm³/mol. The summed E-state index contributed by atoms with van der Waals surface area (Å²) in [6.07, 6.45) is 3.94. The average Bonchev–Trinajstić information content (AvgIpc) is 3.52. The average molecular weight is 512 g/mol. The number of hydrogen-bond donors (Lipinski definition) is 1. The van der Waals surface area contributed by atoms with Gasteiger partial charge in [0, 0.05) is 62.1 Å². The number of carbonyl (C=O) groups is 1. The Hall–Kier alpha value is -3.45. The second kappa shape index (κ2) is 9.78. The molecule has 2 aromatic heterocycles. The lowest BCUT2D eigenvalue weighted by molar-refractivity contribution is -0.114. The van der Waals surface area contributed by atoms with Gasteiger partial charge in [-0.05, 0) is 53.9 Å². The molecule has 2 aliphatic rings. The van der Waals surface area contributed by atoms with Crippen molar-refractivity contribution in [1.82, 2.24) is 19.8 Å². The van der Waals surface area contributed by atoms with Gasteiger partial charge in [-0.2, -0.15) is 0 Å². The highest BCUT2D eigenvalue weighted by atomic mass is 35.5. The van der Waals surface area contributed by atoms with Crippen LogP contribution in [-0.4, -0.2) is 65.4 Å². The molecule has 0 bridgehead atoms. The molecule has 0 radical (unpaired) electrons. The number of hydrogen-bond acceptors (Lipinski definition) is 4. The Labute approximate surface area is 222 Å². The van der Waals surface area contributed by atoms with Crippen molar-refractivity contribution < 1.29 is 4.79 Å². The van der Waals surface area contributed by atoms with Crippen LogP contribution in [0.15, 0.2) is 67.4 Å². The molecule has 6 rings (SSSR count). The van der Waals surface area contributed by atoms with Crippen LogP contribution >= 0.6 is 11.6 Å². The second-order valence-electron chi connectivity index (χ2n) is 9.96. The quantitative estimate of drug-likeness (QED) is 0.366. The number of nitrogens with one attached hydrogen (secondary N) is 1. The van der Waals surface area contributed by atoms with Crippen molar-refractivity contribution in [1.29, 1.82) is 0 Å². The number of nitrogens with zero attached hydrogens (tertiary/aromatic N) is 4. The molecule has 0 unspecified atom stereocenters. The number of carbonyl (C=O) groups excluding carboxylic acids is 1. The van der Waals surface area contributed by atoms with E-state index in [2.05, 4.69) is 75.9 Å². The van der Waals surface area contributed by atoms with Crippen molar-refractivity contribution in [3.63, 3.8) is 0 Å². The van der Waals surface area contributed by atoms with E-state index in [0.717, 1.165) is 83.8 Å². The molecule has 2 aromatic carbocycles. The summed E-state index contributed by atoms with van der Waals surface area (Å²) in [6.45, 7) is 9.72. The molecule has 4 heterocycles. The summed E-state index contributed by atoms with van der Waals surface area (Å²) in [7, 11) is 2.18. The molecule has 6 nitrogen and oxygen atoms in total. The van der Waals surface area contributed by atoms with Crippen LogP contribution in [0.4, 0.5) is 5.69 Å². The van der Waals surface area contributed by atoms with Crippen LogP contribution in [0.2, 0.25) is 5.02 Å². The van der Waals surface area contributed by atoms with Gasteiger partial charge in [0.05, 0.1) is 10.7 Å². The summed E-state index contributed by atoms with van der Waals surface area (Å²) in [6, 6.07) is 16.9. The summed E-state index contributed by atoms with van der Waals surface area (Å²) in [5.74, 6) is -0.0781. The van der Waals surface area contributed by atoms with Gasteiger partial charge in [-0.25, -0.2) is 4.98 Å². The van der Waals surface area contributed by atoms with Crippen LogP contribution in [0.1, 0.15) is 11.1 Å². The molecule has 0 spiro atoms. The maximum atomic E-state index is 12.5. The predicted octanol–water partition coefficient (Wildman–Crippen LogP) is 5.37. The third-order valence-electron chi connectivity index (χ3n) is 7.60. The molecule has 0 saturated carbocycles. The van der Waals surface area contributed by atoms with Crippen molar-refractivity contribution in [2.45, 2.75) is 13.0 Å². The van der Waals surface area contributed by atoms with Crippen molar-refractivity contribution in [2.24, 2.45) is 0 Å². The number of H-pyrrole nitrogens is 1. The van der Waals surface area contributed by atoms with E-state index in [-0.39, 0.29) is 5.91 Å². The maximum Gasteiger partial charge on any atom is 0.250 e. The molecule has 37 heavy (non-hydrogen) atoms. The Bertz CT molecular complexity index is 1480. The molecule has 1 saturated heterocycles. The van der Waals surface area contributed by atoms with Crippen molar-refractivity contribution >= 4 is 34.2 Å². The Kier molecular flexibility index (Phi) is 6.32. The Morgan fingerprint density at radius 1 is 1.05 bits per heavy atom. The lowest BCUT2D eigenvalue weighted by Gasteiger charge is -2.32. The van der Waals surface area contributed by atoms with E-state index in [1.54, 1.807) is 11.1 Å². The lowest BCUT2D eigenvalue weighted by atomic mass is 9.96. The minimum Gasteiger partial charge on any atom is -0.339 e. The Balaban J connectivity index is 1.40. The zero-order valence-corrected chi connectivity index (χ0v) is 21.8. The number of amides is 1. The Morgan fingerprint density at radius 3 is 2.57 bits per heavy atom. The zero-order valence-electron chi connectivity index (χ0n) is 21.0. The molecular formula is C30H30ClN5O. The van der Waals surface area contributed by atoms with E-state index >= 15 is 0 Å². The third kappa shape index (κ3) is 4.46. The zero-order chi connectivity index (χ0) is 25.5. The normalized spacial score (nSPS) is 16.3. The number of pyridine rings is 1. The molecule has 1 fully saturated rings. The van der Waals surface area contributed by atoms with E-state index in [1.165, 1.54) is 11.6 Å². The lowest BCUT2D eigenvalue weighted by Crippen LogP contribution is -2.43. The van der Waals surface area contributed by atoms with Gasteiger partial charge in [-0.1, -0.05) is 54.6 Å². The summed E-state index contributed by atoms with van der Waals surface area (Å²) < 4.78 is 0. The minimum absolute atomic E-state index is 0.0781. The highest BCUT2D eigenvalue weighted by Gasteiger charge is 2.25. The largest absolute Gasteiger partial charge is 0.339 e. The molecule has 7 heteroatoms. The standard InChI is InChI=1S/C30H30ClN5O/c1-3-26(37)36-13-11-21-8-9-23(18-25(21)36)27-28-24(31)10-12-32-30(28)33-29(27)22-6-4-20(5-7-22)19-35-16-14-34(2)15-17-35/h3-10,12,18H,1,11,13-17,19H2,2H3,(H,32,33). The summed E-state index contributed by atoms with van der Waals surface area (Å²) in [4.78, 5) is 27.3. The fourth-order valence-electron chi connectivity index (χ4n) is 5.50. The fraction of sp³-hybridized carbons (Fsp3) is 0.267. The van der Waals surface area contributed by atoms with Crippen molar-refractivity contribution in [2.75, 3.05) is 44.7 Å². The molecule has 0 atom stereocenters. The topological polar surface area (TPSA) is 55.5 Å². The van der Waals surface area contributed by atoms with Crippen LogP contribution in [-0.2, 0) is 17.8 Å². The maximum absolute atomic E-state index is 12.5. The first-order chi connectivity index (χ1) is 18.0. The molecule has 1 N–H and O–H groups in total. The summed E-state index contributed by atoms with van der Waals surface area (Å²) >= 11 is 6.73. The molecule has 0 aliphatic carbocycles. The molecular weight excluding hydrogens is 482 g/mol. The number of benzene rings is 2. The highest BCUT2D eigenvalue weighted by Crippen LogP contribution is 2.43. The van der Waals surface area contributed by atoms with Gasteiger partial charge in [-0.3, -0.25) is 9.69 Å². The van der Waals surface area contributed by atoms with E-state index in [0.29, 0.717) is 11.6 Å². The first kappa shape index (κ1) is 23.9. The number of piperazine rings is 1. The fourth-order valence-corrected chi connectivity index (χ4v) is 5.74. The van der Waals surface area contributed by atoms with E-state index in [4.69, 9.17) is 11.6 Å². The van der Waals surface area contributed by atoms with Gasteiger partial charge in [0.2, 0.25) is 5.91 Å². The van der Waals surface area contributed by atoms with Crippen molar-refractivity contribution in [3.05, 3.63) is 83.5 Å². The van der Waals surface area contributed by atoms with E-state index < -0.39 is 0 Å². The smallest absolute Gasteiger partial charge is 0.250 e. The second-order valence-corrected chi connectivity index (χ2v) is 10.4. The van der Waals surface area contributed by atoms with Gasteiger partial charge >= 0.3 is 0 Å². The molecule has 2 aliphatic heterocycles. The van der Waals surface area contributed by atoms with E-state index in [1.807, 2.05) is 6.07 Å². The van der Waals surface area contributed by atoms with Gasteiger partial charge < -0.3 is 14.8 Å². The first-order valence-electron chi connectivity index (χ1n) is 12.8. The summed E-state index contributed by atoms with van der Waals surface area (Å²) in [5, 5.41) is 1.54. The van der Waals surface area contributed by atoms with Gasteiger partial charge in [0.15, 0.2) is 0 Å².